The minimum Gasteiger partial charge on any atom is -0.494 e. The highest BCUT2D eigenvalue weighted by atomic mass is 16.5. The zero-order valence-corrected chi connectivity index (χ0v) is 20.2. The molecule has 0 aliphatic carbocycles. The number of nitrogens with zero attached hydrogens (tertiary/aromatic N) is 4. The zero-order valence-electron chi connectivity index (χ0n) is 20.2. The van der Waals surface area contributed by atoms with Gasteiger partial charge in [0.25, 0.3) is 5.91 Å². The number of anilines is 1. The molecule has 7 heteroatoms. The van der Waals surface area contributed by atoms with Crippen LogP contribution in [0, 0.1) is 13.5 Å². The monoisotopic (exact) mass is 468 g/mol. The molecule has 2 heterocycles. The molecule has 1 aliphatic rings. The van der Waals surface area contributed by atoms with Gasteiger partial charge < -0.3 is 14.5 Å². The summed E-state index contributed by atoms with van der Waals surface area (Å²) in [5.74, 6) is 0.510. The maximum Gasteiger partial charge on any atom is 0.252 e. The van der Waals surface area contributed by atoms with Crippen molar-refractivity contribution in [1.82, 2.24) is 9.88 Å². The van der Waals surface area contributed by atoms with Crippen LogP contribution >= 0.6 is 0 Å². The third-order valence-corrected chi connectivity index (χ3v) is 6.31. The van der Waals surface area contributed by atoms with Crippen molar-refractivity contribution in [1.29, 1.82) is 0 Å². The molecule has 1 aliphatic heterocycles. The average molecular weight is 469 g/mol. The van der Waals surface area contributed by atoms with Crippen LogP contribution < -0.4 is 9.64 Å². The van der Waals surface area contributed by atoms with Crippen molar-refractivity contribution in [2.45, 2.75) is 32.7 Å². The zero-order chi connectivity index (χ0) is 25.0. The molecule has 0 radical (unpaired) electrons. The van der Waals surface area contributed by atoms with E-state index >= 15 is 0 Å². The lowest BCUT2D eigenvalue weighted by molar-refractivity contribution is -0.148. The van der Waals surface area contributed by atoms with Gasteiger partial charge in [0.15, 0.2) is 5.69 Å². The van der Waals surface area contributed by atoms with Crippen LogP contribution in [0.25, 0.3) is 16.0 Å². The van der Waals surface area contributed by atoms with E-state index in [-0.39, 0.29) is 18.4 Å². The van der Waals surface area contributed by atoms with E-state index in [1.165, 1.54) is 4.90 Å². The van der Waals surface area contributed by atoms with Gasteiger partial charge in [-0.15, -0.1) is 0 Å². The molecular formula is C28H28N4O3. The summed E-state index contributed by atoms with van der Waals surface area (Å²) < 4.78 is 5.87. The molecule has 0 bridgehead atoms. The number of hydrogen-bond acceptors (Lipinski definition) is 4. The van der Waals surface area contributed by atoms with E-state index < -0.39 is 5.54 Å². The van der Waals surface area contributed by atoms with Crippen LogP contribution in [-0.2, 0) is 9.59 Å². The number of piperazine rings is 1. The molecule has 3 aromatic rings. The van der Waals surface area contributed by atoms with E-state index in [1.807, 2.05) is 43.3 Å². The second-order valence-corrected chi connectivity index (χ2v) is 9.04. The normalized spacial score (nSPS) is 15.1. The number of benzene rings is 2. The fourth-order valence-corrected chi connectivity index (χ4v) is 4.30. The lowest BCUT2D eigenvalue weighted by Crippen LogP contribution is -2.66. The van der Waals surface area contributed by atoms with Gasteiger partial charge in [-0.1, -0.05) is 18.2 Å². The maximum atomic E-state index is 13.3. The summed E-state index contributed by atoms with van der Waals surface area (Å²) in [4.78, 5) is 37.0. The number of aryl methyl sites for hydroxylation is 1. The highest BCUT2D eigenvalue weighted by molar-refractivity contribution is 6.08. The molecule has 1 saturated heterocycles. The predicted octanol–water partition coefficient (Wildman–Crippen LogP) is 5.03. The fourth-order valence-electron chi connectivity index (χ4n) is 4.30. The molecule has 1 aromatic heterocycles. The van der Waals surface area contributed by atoms with Gasteiger partial charge in [0, 0.05) is 24.6 Å². The Labute approximate surface area is 205 Å². The van der Waals surface area contributed by atoms with Gasteiger partial charge >= 0.3 is 0 Å². The number of aromatic nitrogens is 1. The molecule has 0 N–H and O–H groups in total. The largest absolute Gasteiger partial charge is 0.494 e. The third-order valence-electron chi connectivity index (χ3n) is 6.31. The Morgan fingerprint density at radius 3 is 2.37 bits per heavy atom. The number of pyridine rings is 1. The van der Waals surface area contributed by atoms with Crippen LogP contribution in [0.15, 0.2) is 67.0 Å². The van der Waals surface area contributed by atoms with Crippen LogP contribution in [-0.4, -0.2) is 46.9 Å². The van der Waals surface area contributed by atoms with Crippen LogP contribution in [0.1, 0.15) is 25.8 Å². The molecular weight excluding hydrogens is 440 g/mol. The first-order chi connectivity index (χ1) is 16.8. The van der Waals surface area contributed by atoms with Crippen LogP contribution in [0.2, 0.25) is 0 Å². The number of rotatable bonds is 7. The van der Waals surface area contributed by atoms with Gasteiger partial charge in [-0.25, -0.2) is 4.85 Å². The molecule has 0 atom stereocenters. The Balaban J connectivity index is 1.34. The van der Waals surface area contributed by atoms with Gasteiger partial charge in [0.2, 0.25) is 5.91 Å². The minimum absolute atomic E-state index is 0.0175. The Kier molecular flexibility index (Phi) is 6.83. The van der Waals surface area contributed by atoms with Gasteiger partial charge in [-0.3, -0.25) is 14.6 Å². The molecule has 2 aromatic carbocycles. The summed E-state index contributed by atoms with van der Waals surface area (Å²) in [6, 6.07) is 17.0. The number of ether oxygens (including phenoxy) is 1. The Bertz CT molecular complexity index is 1260. The van der Waals surface area contributed by atoms with Crippen molar-refractivity contribution in [3.8, 4) is 16.9 Å². The van der Waals surface area contributed by atoms with Crippen molar-refractivity contribution in [2.24, 2.45) is 0 Å². The molecule has 0 unspecified atom stereocenters. The quantitative estimate of drug-likeness (QED) is 0.360. The van der Waals surface area contributed by atoms with Crippen molar-refractivity contribution >= 4 is 23.2 Å². The minimum atomic E-state index is -0.978. The highest BCUT2D eigenvalue weighted by Crippen LogP contribution is 2.31. The molecule has 0 saturated carbocycles. The van der Waals surface area contributed by atoms with Crippen molar-refractivity contribution < 1.29 is 14.3 Å². The summed E-state index contributed by atoms with van der Waals surface area (Å²) in [6.07, 6.45) is 4.13. The lowest BCUT2D eigenvalue weighted by Gasteiger charge is -2.45. The number of amides is 2. The van der Waals surface area contributed by atoms with Crippen LogP contribution in [0.3, 0.4) is 0 Å². The van der Waals surface area contributed by atoms with Gasteiger partial charge in [-0.2, -0.15) is 0 Å². The Morgan fingerprint density at radius 1 is 1.03 bits per heavy atom. The van der Waals surface area contributed by atoms with Gasteiger partial charge in [0.1, 0.15) is 17.8 Å². The predicted molar refractivity (Wildman–Crippen MR) is 135 cm³/mol. The Hall–Kier alpha value is -4.18. The van der Waals surface area contributed by atoms with Crippen molar-refractivity contribution in [2.75, 3.05) is 24.6 Å². The summed E-state index contributed by atoms with van der Waals surface area (Å²) in [5.41, 5.74) is 3.16. The molecule has 1 fully saturated rings. The third kappa shape index (κ3) is 5.02. The number of carbonyl (C=O) groups is 2. The summed E-state index contributed by atoms with van der Waals surface area (Å²) in [5, 5.41) is 0. The van der Waals surface area contributed by atoms with Gasteiger partial charge in [0.05, 0.1) is 13.2 Å². The smallest absolute Gasteiger partial charge is 0.252 e. The topological polar surface area (TPSA) is 67.1 Å². The second kappa shape index (κ2) is 9.98. The molecule has 35 heavy (non-hydrogen) atoms. The van der Waals surface area contributed by atoms with E-state index in [4.69, 9.17) is 11.3 Å². The van der Waals surface area contributed by atoms with E-state index in [0.29, 0.717) is 30.9 Å². The number of carbonyl (C=O) groups excluding carboxylic acids is 2. The molecule has 4 rings (SSSR count). The number of hydrogen-bond donors (Lipinski definition) is 0. The van der Waals surface area contributed by atoms with Crippen LogP contribution in [0.5, 0.6) is 5.75 Å². The summed E-state index contributed by atoms with van der Waals surface area (Å²) in [7, 11) is 0. The molecule has 2 amide bonds. The highest BCUT2D eigenvalue weighted by Gasteiger charge is 2.45. The summed E-state index contributed by atoms with van der Waals surface area (Å²) >= 11 is 0. The van der Waals surface area contributed by atoms with Crippen LogP contribution in [0.4, 0.5) is 11.4 Å². The molecule has 0 spiro atoms. The first-order valence-electron chi connectivity index (χ1n) is 11.5. The maximum absolute atomic E-state index is 13.3. The van der Waals surface area contributed by atoms with Crippen molar-refractivity contribution in [3.63, 3.8) is 0 Å². The molecule has 178 valence electrons. The second-order valence-electron chi connectivity index (χ2n) is 9.04. The average Bonchev–Trinajstić information content (AvgIpc) is 2.86. The summed E-state index contributed by atoms with van der Waals surface area (Å²) in [6.45, 7) is 13.4. The van der Waals surface area contributed by atoms with E-state index in [1.54, 1.807) is 49.3 Å². The lowest BCUT2D eigenvalue weighted by atomic mass is 9.96. The van der Waals surface area contributed by atoms with E-state index in [2.05, 4.69) is 9.83 Å². The Morgan fingerprint density at radius 2 is 1.71 bits per heavy atom. The SMILES string of the molecule is [C-]#[N+]c1ccc(N2CC(=O)N(CCCOc3ccc(-c4ccncc4)cc3)C(C)(C)C2=O)cc1C. The van der Waals surface area contributed by atoms with E-state index in [9.17, 15) is 9.59 Å². The first-order valence-corrected chi connectivity index (χ1v) is 11.5. The van der Waals surface area contributed by atoms with Gasteiger partial charge in [-0.05, 0) is 80.3 Å². The fraction of sp³-hybridized carbons (Fsp3) is 0.286. The molecule has 7 nitrogen and oxygen atoms in total. The standard InChI is InChI=1S/C28H28N4O3/c1-20-18-23(8-11-25(20)29-4)31-19-26(33)32(28(2,3)27(31)34)16-5-17-35-24-9-6-21(7-10-24)22-12-14-30-15-13-22/h6-15,18H,5,16-17,19H2,1-3H3. The van der Waals surface area contributed by atoms with Crippen molar-refractivity contribution in [3.05, 3.63) is 84.0 Å². The first kappa shape index (κ1) is 24.0. The van der Waals surface area contributed by atoms with E-state index in [0.717, 1.165) is 22.4 Å².